The zero-order valence-electron chi connectivity index (χ0n) is 13.0. The van der Waals surface area contributed by atoms with Crippen LogP contribution >= 0.6 is 0 Å². The van der Waals surface area contributed by atoms with Crippen LogP contribution in [-0.4, -0.2) is 11.9 Å². The van der Waals surface area contributed by atoms with E-state index in [1.165, 1.54) is 0 Å². The smallest absolute Gasteiger partial charge is 0.220 e. The zero-order chi connectivity index (χ0) is 13.9. The second-order valence-corrected chi connectivity index (χ2v) is 7.92. The SMILES string of the molecule is CC(C)C(CC(C)(C)C)NC(=O)CC(C)(C)C. The van der Waals surface area contributed by atoms with Crippen LogP contribution in [0.4, 0.5) is 0 Å². The molecular weight excluding hydrogens is 210 g/mol. The topological polar surface area (TPSA) is 29.1 Å². The Morgan fingerprint density at radius 2 is 1.47 bits per heavy atom. The molecule has 1 atom stereocenters. The van der Waals surface area contributed by atoms with Crippen LogP contribution in [0, 0.1) is 16.7 Å². The number of hydrogen-bond donors (Lipinski definition) is 1. The molecule has 0 radical (unpaired) electrons. The van der Waals surface area contributed by atoms with E-state index in [0.29, 0.717) is 12.3 Å². The summed E-state index contributed by atoms with van der Waals surface area (Å²) in [6, 6.07) is 0.282. The molecule has 0 aliphatic carbocycles. The molecule has 2 nitrogen and oxygen atoms in total. The van der Waals surface area contributed by atoms with Crippen molar-refractivity contribution in [2.45, 2.75) is 74.3 Å². The van der Waals surface area contributed by atoms with Gasteiger partial charge in [0, 0.05) is 12.5 Å². The molecule has 1 amide bonds. The molecule has 0 fully saturated rings. The number of hydrogen-bond acceptors (Lipinski definition) is 1. The zero-order valence-corrected chi connectivity index (χ0v) is 13.0. The van der Waals surface area contributed by atoms with Crippen LogP contribution in [0.25, 0.3) is 0 Å². The van der Waals surface area contributed by atoms with Crippen molar-refractivity contribution in [3.63, 3.8) is 0 Å². The summed E-state index contributed by atoms with van der Waals surface area (Å²) in [7, 11) is 0. The molecular formula is C15H31NO. The minimum atomic E-state index is 0.0628. The molecule has 0 aromatic rings. The highest BCUT2D eigenvalue weighted by atomic mass is 16.1. The molecule has 17 heavy (non-hydrogen) atoms. The molecule has 1 unspecified atom stereocenters. The van der Waals surface area contributed by atoms with Gasteiger partial charge in [-0.05, 0) is 23.2 Å². The van der Waals surface area contributed by atoms with Gasteiger partial charge in [-0.25, -0.2) is 0 Å². The molecule has 0 heterocycles. The second kappa shape index (κ2) is 5.88. The maximum absolute atomic E-state index is 11.9. The van der Waals surface area contributed by atoms with Crippen molar-refractivity contribution in [1.82, 2.24) is 5.32 Å². The minimum absolute atomic E-state index is 0.0628. The van der Waals surface area contributed by atoms with Crippen LogP contribution in [0.2, 0.25) is 0 Å². The third kappa shape index (κ3) is 9.20. The molecule has 0 aromatic carbocycles. The maximum atomic E-state index is 11.9. The van der Waals surface area contributed by atoms with Gasteiger partial charge in [-0.2, -0.15) is 0 Å². The van der Waals surface area contributed by atoms with Crippen molar-refractivity contribution in [2.75, 3.05) is 0 Å². The number of nitrogens with one attached hydrogen (secondary N) is 1. The van der Waals surface area contributed by atoms with Gasteiger partial charge in [0.15, 0.2) is 0 Å². The van der Waals surface area contributed by atoms with Crippen molar-refractivity contribution in [3.05, 3.63) is 0 Å². The quantitative estimate of drug-likeness (QED) is 0.792. The number of carbonyl (C=O) groups is 1. The van der Waals surface area contributed by atoms with E-state index in [-0.39, 0.29) is 22.8 Å². The maximum Gasteiger partial charge on any atom is 0.220 e. The summed E-state index contributed by atoms with van der Waals surface area (Å²) in [5.74, 6) is 0.665. The van der Waals surface area contributed by atoms with Gasteiger partial charge < -0.3 is 5.32 Å². The highest BCUT2D eigenvalue weighted by molar-refractivity contribution is 5.76. The molecule has 0 aromatic heterocycles. The van der Waals surface area contributed by atoms with E-state index in [1.807, 2.05) is 0 Å². The standard InChI is InChI=1S/C15H31NO/c1-11(2)12(9-14(3,4)5)16-13(17)10-15(6,7)8/h11-12H,9-10H2,1-8H3,(H,16,17). The van der Waals surface area contributed by atoms with E-state index in [4.69, 9.17) is 0 Å². The minimum Gasteiger partial charge on any atom is -0.353 e. The van der Waals surface area contributed by atoms with Gasteiger partial charge in [0.1, 0.15) is 0 Å². The summed E-state index contributed by atoms with van der Waals surface area (Å²) >= 11 is 0. The fraction of sp³-hybridized carbons (Fsp3) is 0.933. The summed E-state index contributed by atoms with van der Waals surface area (Å²) in [6.07, 6.45) is 1.63. The summed E-state index contributed by atoms with van der Waals surface area (Å²) in [5.41, 5.74) is 0.317. The fourth-order valence-corrected chi connectivity index (χ4v) is 1.85. The van der Waals surface area contributed by atoms with E-state index < -0.39 is 0 Å². The fourth-order valence-electron chi connectivity index (χ4n) is 1.85. The van der Waals surface area contributed by atoms with Crippen LogP contribution in [0.3, 0.4) is 0 Å². The molecule has 0 bridgehead atoms. The summed E-state index contributed by atoms with van der Waals surface area (Å²) in [5, 5.41) is 3.19. The lowest BCUT2D eigenvalue weighted by Gasteiger charge is -2.30. The van der Waals surface area contributed by atoms with Gasteiger partial charge in [0.05, 0.1) is 0 Å². The first kappa shape index (κ1) is 16.5. The lowest BCUT2D eigenvalue weighted by molar-refractivity contribution is -0.124. The highest BCUT2D eigenvalue weighted by Crippen LogP contribution is 2.25. The molecule has 0 aliphatic heterocycles. The van der Waals surface area contributed by atoms with Gasteiger partial charge in [-0.15, -0.1) is 0 Å². The lowest BCUT2D eigenvalue weighted by atomic mass is 9.83. The highest BCUT2D eigenvalue weighted by Gasteiger charge is 2.24. The molecule has 0 saturated heterocycles. The average molecular weight is 241 g/mol. The number of rotatable bonds is 4. The van der Waals surface area contributed by atoms with Gasteiger partial charge in [0.2, 0.25) is 5.91 Å². The van der Waals surface area contributed by atoms with Gasteiger partial charge >= 0.3 is 0 Å². The van der Waals surface area contributed by atoms with Crippen molar-refractivity contribution >= 4 is 5.91 Å². The van der Waals surface area contributed by atoms with Gasteiger partial charge in [-0.3, -0.25) is 4.79 Å². The van der Waals surface area contributed by atoms with Crippen LogP contribution in [0.5, 0.6) is 0 Å². The molecule has 0 aliphatic rings. The lowest BCUT2D eigenvalue weighted by Crippen LogP contribution is -2.42. The number of carbonyl (C=O) groups excluding carboxylic acids is 1. The Bertz CT molecular complexity index is 243. The van der Waals surface area contributed by atoms with Crippen molar-refractivity contribution in [2.24, 2.45) is 16.7 Å². The van der Waals surface area contributed by atoms with E-state index in [1.54, 1.807) is 0 Å². The Morgan fingerprint density at radius 3 is 1.76 bits per heavy atom. The molecule has 0 rings (SSSR count). The Balaban J connectivity index is 4.41. The molecule has 1 N–H and O–H groups in total. The van der Waals surface area contributed by atoms with Crippen LogP contribution in [0.1, 0.15) is 68.2 Å². The Hall–Kier alpha value is -0.530. The van der Waals surface area contributed by atoms with E-state index in [2.05, 4.69) is 60.7 Å². The summed E-state index contributed by atoms with van der Waals surface area (Å²) < 4.78 is 0. The first-order valence-corrected chi connectivity index (χ1v) is 6.70. The van der Waals surface area contributed by atoms with Crippen molar-refractivity contribution < 1.29 is 4.79 Å². The predicted molar refractivity (Wildman–Crippen MR) is 74.9 cm³/mol. The first-order valence-electron chi connectivity index (χ1n) is 6.70. The van der Waals surface area contributed by atoms with E-state index >= 15 is 0 Å². The van der Waals surface area contributed by atoms with Crippen molar-refractivity contribution in [3.8, 4) is 0 Å². The van der Waals surface area contributed by atoms with Crippen LogP contribution in [0.15, 0.2) is 0 Å². The second-order valence-electron chi connectivity index (χ2n) is 7.92. The first-order chi connectivity index (χ1) is 7.41. The summed E-state index contributed by atoms with van der Waals surface area (Å²) in [4.78, 5) is 11.9. The average Bonchev–Trinajstić information content (AvgIpc) is 1.95. The van der Waals surface area contributed by atoms with E-state index in [9.17, 15) is 4.79 Å². The third-order valence-corrected chi connectivity index (χ3v) is 2.67. The molecule has 2 heteroatoms. The van der Waals surface area contributed by atoms with Crippen molar-refractivity contribution in [1.29, 1.82) is 0 Å². The van der Waals surface area contributed by atoms with E-state index in [0.717, 1.165) is 6.42 Å². The third-order valence-electron chi connectivity index (χ3n) is 2.67. The van der Waals surface area contributed by atoms with Crippen LogP contribution in [-0.2, 0) is 4.79 Å². The van der Waals surface area contributed by atoms with Crippen LogP contribution < -0.4 is 5.32 Å². The molecule has 0 spiro atoms. The Kier molecular flexibility index (Phi) is 5.70. The van der Waals surface area contributed by atoms with Gasteiger partial charge in [0.25, 0.3) is 0 Å². The number of amides is 1. The van der Waals surface area contributed by atoms with Gasteiger partial charge in [-0.1, -0.05) is 55.4 Å². The molecule has 102 valence electrons. The normalized spacial score (nSPS) is 14.9. The Morgan fingerprint density at radius 1 is 1.00 bits per heavy atom. The monoisotopic (exact) mass is 241 g/mol. The molecule has 0 saturated carbocycles. The summed E-state index contributed by atoms with van der Waals surface area (Å²) in [6.45, 7) is 17.3. The predicted octanol–water partition coefficient (Wildman–Crippen LogP) is 4.00. The largest absolute Gasteiger partial charge is 0.353 e. The Labute approximate surface area is 108 Å².